The topological polar surface area (TPSA) is 92.9 Å². The van der Waals surface area contributed by atoms with Crippen molar-refractivity contribution in [1.82, 2.24) is 0 Å². The summed E-state index contributed by atoms with van der Waals surface area (Å²) >= 11 is 0. The van der Waals surface area contributed by atoms with Crippen molar-refractivity contribution in [2.45, 2.75) is 12.8 Å². The molecule has 0 bridgehead atoms. The number of carboxylic acid groups (broad SMARTS) is 1. The first-order chi connectivity index (χ1) is 10.0. The van der Waals surface area contributed by atoms with Crippen LogP contribution in [0.5, 0.6) is 0 Å². The maximum Gasteiger partial charge on any atom is 0.337 e. The smallest absolute Gasteiger partial charge is 0.337 e. The van der Waals surface area contributed by atoms with E-state index >= 15 is 0 Å². The van der Waals surface area contributed by atoms with Gasteiger partial charge < -0.3 is 14.7 Å². The average Bonchev–Trinajstić information content (AvgIpc) is 2.47. The predicted octanol–water partition coefficient (Wildman–Crippen LogP) is 2.16. The van der Waals surface area contributed by atoms with Crippen LogP contribution >= 0.6 is 0 Å². The van der Waals surface area contributed by atoms with Crippen molar-refractivity contribution >= 4 is 17.3 Å². The van der Waals surface area contributed by atoms with Crippen LogP contribution in [-0.4, -0.2) is 42.8 Å². The molecule has 1 fully saturated rings. The second-order valence-electron chi connectivity index (χ2n) is 5.15. The van der Waals surface area contributed by atoms with E-state index in [1.54, 1.807) is 7.11 Å². The second kappa shape index (κ2) is 6.53. The van der Waals surface area contributed by atoms with Gasteiger partial charge in [-0.1, -0.05) is 0 Å². The first-order valence-electron chi connectivity index (χ1n) is 6.78. The molecule has 1 heterocycles. The third-order valence-electron chi connectivity index (χ3n) is 3.78. The fourth-order valence-electron chi connectivity index (χ4n) is 2.65. The molecule has 1 N–H and O–H groups in total. The van der Waals surface area contributed by atoms with E-state index in [1.807, 2.05) is 4.90 Å². The molecule has 7 heteroatoms. The molecule has 1 aliphatic heterocycles. The lowest BCUT2D eigenvalue weighted by molar-refractivity contribution is -0.384. The monoisotopic (exact) mass is 294 g/mol. The highest BCUT2D eigenvalue weighted by Gasteiger charge is 2.24. The van der Waals surface area contributed by atoms with Crippen LogP contribution in [0.2, 0.25) is 0 Å². The summed E-state index contributed by atoms with van der Waals surface area (Å²) in [5.74, 6) is -0.614. The Hall–Kier alpha value is -2.15. The van der Waals surface area contributed by atoms with Crippen molar-refractivity contribution in [3.8, 4) is 0 Å². The first-order valence-corrected chi connectivity index (χ1v) is 6.78. The molecule has 0 aromatic heterocycles. The van der Waals surface area contributed by atoms with Crippen LogP contribution < -0.4 is 4.90 Å². The molecule has 0 radical (unpaired) electrons. The number of carboxylic acids is 1. The normalized spacial score (nSPS) is 16.0. The molecule has 1 saturated heterocycles. The molecule has 0 atom stereocenters. The molecule has 114 valence electrons. The van der Waals surface area contributed by atoms with Gasteiger partial charge in [0.2, 0.25) is 0 Å². The minimum Gasteiger partial charge on any atom is -0.478 e. The average molecular weight is 294 g/mol. The fraction of sp³-hybridized carbons (Fsp3) is 0.500. The third-order valence-corrected chi connectivity index (χ3v) is 3.78. The number of rotatable bonds is 5. The van der Waals surface area contributed by atoms with Crippen LogP contribution in [0, 0.1) is 16.0 Å². The van der Waals surface area contributed by atoms with Crippen molar-refractivity contribution in [2.75, 3.05) is 31.7 Å². The van der Waals surface area contributed by atoms with Crippen molar-refractivity contribution in [2.24, 2.45) is 5.92 Å². The number of hydrogen-bond donors (Lipinski definition) is 1. The zero-order valence-electron chi connectivity index (χ0n) is 11.8. The minimum absolute atomic E-state index is 0.0889. The highest BCUT2D eigenvalue weighted by atomic mass is 16.6. The number of nitro benzene ring substituents is 1. The van der Waals surface area contributed by atoms with Gasteiger partial charge in [-0.3, -0.25) is 10.1 Å². The van der Waals surface area contributed by atoms with Gasteiger partial charge in [0.15, 0.2) is 0 Å². The molecule has 0 spiro atoms. The highest BCUT2D eigenvalue weighted by Crippen LogP contribution is 2.30. The van der Waals surface area contributed by atoms with Gasteiger partial charge in [0.05, 0.1) is 16.2 Å². The SMILES string of the molecule is COCC1CCN(c2cc([N+](=O)[O-])ccc2C(=O)O)CC1. The van der Waals surface area contributed by atoms with E-state index in [4.69, 9.17) is 4.74 Å². The number of benzene rings is 1. The van der Waals surface area contributed by atoms with Crippen molar-refractivity contribution < 1.29 is 19.6 Å². The highest BCUT2D eigenvalue weighted by molar-refractivity contribution is 5.95. The van der Waals surface area contributed by atoms with Gasteiger partial charge in [0.25, 0.3) is 5.69 Å². The van der Waals surface area contributed by atoms with Gasteiger partial charge in [-0.05, 0) is 24.8 Å². The molecule has 0 amide bonds. The predicted molar refractivity (Wildman–Crippen MR) is 76.9 cm³/mol. The number of nitro groups is 1. The Bertz CT molecular complexity index is 538. The zero-order valence-corrected chi connectivity index (χ0v) is 11.8. The Morgan fingerprint density at radius 3 is 2.67 bits per heavy atom. The molecule has 1 aliphatic rings. The van der Waals surface area contributed by atoms with Gasteiger partial charge in [-0.15, -0.1) is 0 Å². The van der Waals surface area contributed by atoms with E-state index in [-0.39, 0.29) is 11.3 Å². The molecule has 2 rings (SSSR count). The number of carbonyl (C=O) groups is 1. The van der Waals surface area contributed by atoms with Gasteiger partial charge in [0.1, 0.15) is 0 Å². The van der Waals surface area contributed by atoms with Crippen LogP contribution in [-0.2, 0) is 4.74 Å². The molecule has 1 aromatic carbocycles. The summed E-state index contributed by atoms with van der Waals surface area (Å²) in [4.78, 5) is 23.6. The van der Waals surface area contributed by atoms with Gasteiger partial charge in [-0.25, -0.2) is 4.79 Å². The molecular weight excluding hydrogens is 276 g/mol. The van der Waals surface area contributed by atoms with Crippen LogP contribution in [0.25, 0.3) is 0 Å². The van der Waals surface area contributed by atoms with Crippen molar-refractivity contribution in [3.05, 3.63) is 33.9 Å². The Kier molecular flexibility index (Phi) is 4.74. The number of non-ortho nitro benzene ring substituents is 1. The maximum absolute atomic E-state index is 11.3. The van der Waals surface area contributed by atoms with Crippen LogP contribution in [0.1, 0.15) is 23.2 Å². The van der Waals surface area contributed by atoms with E-state index in [9.17, 15) is 20.0 Å². The maximum atomic E-state index is 11.3. The molecule has 7 nitrogen and oxygen atoms in total. The number of nitrogens with zero attached hydrogens (tertiary/aromatic N) is 2. The van der Waals surface area contributed by atoms with Crippen molar-refractivity contribution in [3.63, 3.8) is 0 Å². The van der Waals surface area contributed by atoms with Crippen LogP contribution in [0.3, 0.4) is 0 Å². The van der Waals surface area contributed by atoms with Crippen LogP contribution in [0.4, 0.5) is 11.4 Å². The number of piperidine rings is 1. The lowest BCUT2D eigenvalue weighted by Crippen LogP contribution is -2.35. The summed E-state index contributed by atoms with van der Waals surface area (Å²) in [6.45, 7) is 2.04. The fourth-order valence-corrected chi connectivity index (χ4v) is 2.65. The van der Waals surface area contributed by atoms with Crippen molar-refractivity contribution in [1.29, 1.82) is 0 Å². The summed E-state index contributed by atoms with van der Waals surface area (Å²) in [6, 6.07) is 3.88. The van der Waals surface area contributed by atoms with E-state index in [0.717, 1.165) is 12.8 Å². The van der Waals surface area contributed by atoms with E-state index in [0.29, 0.717) is 31.3 Å². The molecule has 21 heavy (non-hydrogen) atoms. The summed E-state index contributed by atoms with van der Waals surface area (Å²) in [7, 11) is 1.66. The Labute approximate surface area is 122 Å². The van der Waals surface area contributed by atoms with E-state index in [2.05, 4.69) is 0 Å². The Morgan fingerprint density at radius 2 is 2.14 bits per heavy atom. The number of hydrogen-bond acceptors (Lipinski definition) is 5. The summed E-state index contributed by atoms with van der Waals surface area (Å²) < 4.78 is 5.13. The molecule has 0 unspecified atom stereocenters. The zero-order chi connectivity index (χ0) is 15.4. The number of anilines is 1. The summed E-state index contributed by atoms with van der Waals surface area (Å²) in [6.07, 6.45) is 1.77. The second-order valence-corrected chi connectivity index (χ2v) is 5.15. The molecule has 0 aliphatic carbocycles. The lowest BCUT2D eigenvalue weighted by Gasteiger charge is -2.33. The van der Waals surface area contributed by atoms with Gasteiger partial charge in [0, 0.05) is 38.9 Å². The van der Waals surface area contributed by atoms with Crippen LogP contribution in [0.15, 0.2) is 18.2 Å². The third kappa shape index (κ3) is 3.49. The van der Waals surface area contributed by atoms with E-state index in [1.165, 1.54) is 18.2 Å². The number of methoxy groups -OCH3 is 1. The standard InChI is InChI=1S/C14H18N2O5/c1-21-9-10-4-6-15(7-5-10)13-8-11(16(19)20)2-3-12(13)14(17)18/h2-3,8,10H,4-7,9H2,1H3,(H,17,18). The lowest BCUT2D eigenvalue weighted by atomic mass is 9.96. The Balaban J connectivity index is 2.23. The van der Waals surface area contributed by atoms with Gasteiger partial charge in [-0.2, -0.15) is 0 Å². The largest absolute Gasteiger partial charge is 0.478 e. The summed E-state index contributed by atoms with van der Waals surface area (Å²) in [5.41, 5.74) is 0.437. The minimum atomic E-state index is -1.07. The molecule has 1 aromatic rings. The summed E-state index contributed by atoms with van der Waals surface area (Å²) in [5, 5.41) is 20.1. The molecule has 0 saturated carbocycles. The quantitative estimate of drug-likeness (QED) is 0.660. The number of aromatic carboxylic acids is 1. The number of ether oxygens (including phenoxy) is 1. The Morgan fingerprint density at radius 1 is 1.48 bits per heavy atom. The van der Waals surface area contributed by atoms with E-state index < -0.39 is 10.9 Å². The van der Waals surface area contributed by atoms with Gasteiger partial charge >= 0.3 is 5.97 Å². The first kappa shape index (κ1) is 15.2. The molecular formula is C14H18N2O5.